The molecule has 3 nitrogen and oxygen atoms in total. The maximum atomic E-state index is 6.20. The van der Waals surface area contributed by atoms with E-state index in [1.54, 1.807) is 17.4 Å². The molecule has 0 unspecified atom stereocenters. The highest BCUT2D eigenvalue weighted by molar-refractivity contribution is 7.07. The van der Waals surface area contributed by atoms with Crippen LogP contribution in [0.25, 0.3) is 11.0 Å². The number of thiophene rings is 1. The second-order valence-electron chi connectivity index (χ2n) is 3.66. The number of hydrogen-bond donors (Lipinski definition) is 1. The van der Waals surface area contributed by atoms with E-state index >= 15 is 0 Å². The van der Waals surface area contributed by atoms with Crippen LogP contribution in [0.5, 0.6) is 0 Å². The van der Waals surface area contributed by atoms with Gasteiger partial charge in [-0.3, -0.25) is 0 Å². The predicted octanol–water partition coefficient (Wildman–Crippen LogP) is 4.67. The Kier molecular flexibility index (Phi) is 3.39. The minimum Gasteiger partial charge on any atom is -0.378 e. The zero-order valence-electron chi connectivity index (χ0n) is 8.98. The van der Waals surface area contributed by atoms with Gasteiger partial charge in [0.1, 0.15) is 11.0 Å². The van der Waals surface area contributed by atoms with Crippen molar-refractivity contribution in [1.82, 2.24) is 8.75 Å². The van der Waals surface area contributed by atoms with Crippen LogP contribution in [0.1, 0.15) is 5.56 Å². The molecule has 7 heteroatoms. The minimum atomic E-state index is 0.532. The molecule has 18 heavy (non-hydrogen) atoms. The molecule has 0 radical (unpaired) electrons. The zero-order valence-corrected chi connectivity index (χ0v) is 12.1. The summed E-state index contributed by atoms with van der Waals surface area (Å²) in [6.45, 7) is 0.706. The monoisotopic (exact) mass is 315 g/mol. The number of hydrogen-bond acceptors (Lipinski definition) is 5. The van der Waals surface area contributed by atoms with Crippen molar-refractivity contribution < 1.29 is 0 Å². The van der Waals surface area contributed by atoms with Crippen molar-refractivity contribution in [2.75, 3.05) is 5.32 Å². The van der Waals surface area contributed by atoms with Crippen LogP contribution >= 0.6 is 46.3 Å². The first-order chi connectivity index (χ1) is 8.75. The van der Waals surface area contributed by atoms with Gasteiger partial charge >= 0.3 is 0 Å². The summed E-state index contributed by atoms with van der Waals surface area (Å²) in [4.78, 5) is 0. The van der Waals surface area contributed by atoms with Crippen molar-refractivity contribution in [2.45, 2.75) is 6.54 Å². The fourth-order valence-corrected chi connectivity index (χ4v) is 3.47. The number of aromatic nitrogens is 2. The molecule has 0 aliphatic heterocycles. The van der Waals surface area contributed by atoms with E-state index in [0.717, 1.165) is 22.9 Å². The average Bonchev–Trinajstić information content (AvgIpc) is 2.98. The summed E-state index contributed by atoms with van der Waals surface area (Å²) < 4.78 is 8.41. The summed E-state index contributed by atoms with van der Waals surface area (Å²) in [6, 6.07) is 3.76. The summed E-state index contributed by atoms with van der Waals surface area (Å²) in [7, 11) is 0. The van der Waals surface area contributed by atoms with Crippen LogP contribution in [0.3, 0.4) is 0 Å². The molecule has 3 rings (SSSR count). The van der Waals surface area contributed by atoms with E-state index in [2.05, 4.69) is 25.5 Å². The number of fused-ring (bicyclic) bond motifs is 1. The summed E-state index contributed by atoms with van der Waals surface area (Å²) >= 11 is 15.1. The molecule has 92 valence electrons. The van der Waals surface area contributed by atoms with E-state index in [4.69, 9.17) is 23.2 Å². The van der Waals surface area contributed by atoms with E-state index in [0.29, 0.717) is 22.1 Å². The van der Waals surface area contributed by atoms with Crippen LogP contribution in [0.15, 0.2) is 22.9 Å². The number of benzene rings is 1. The lowest BCUT2D eigenvalue weighted by molar-refractivity contribution is 1.17. The topological polar surface area (TPSA) is 37.8 Å². The molecule has 1 aromatic carbocycles. The number of nitrogens with zero attached hydrogens (tertiary/aromatic N) is 2. The normalized spacial score (nSPS) is 11.0. The Labute approximate surface area is 122 Å². The van der Waals surface area contributed by atoms with Crippen LogP contribution in [0.2, 0.25) is 10.0 Å². The third kappa shape index (κ3) is 2.19. The molecule has 1 N–H and O–H groups in total. The van der Waals surface area contributed by atoms with Crippen LogP contribution < -0.4 is 5.32 Å². The molecule has 0 saturated carbocycles. The zero-order chi connectivity index (χ0) is 12.5. The second-order valence-corrected chi connectivity index (χ2v) is 5.78. The molecule has 0 bridgehead atoms. The van der Waals surface area contributed by atoms with Gasteiger partial charge in [0, 0.05) is 6.54 Å². The van der Waals surface area contributed by atoms with Crippen molar-refractivity contribution in [1.29, 1.82) is 0 Å². The molecule has 0 amide bonds. The molecule has 0 fully saturated rings. The SMILES string of the molecule is Clc1cc(Cl)c2nsnc2c1NCc1ccsc1. The Hall–Kier alpha value is -0.880. The van der Waals surface area contributed by atoms with Crippen LogP contribution in [-0.4, -0.2) is 8.75 Å². The van der Waals surface area contributed by atoms with E-state index < -0.39 is 0 Å². The molecular weight excluding hydrogens is 309 g/mol. The molecular formula is C11H7Cl2N3S2. The first-order valence-corrected chi connectivity index (χ1v) is 7.54. The Morgan fingerprint density at radius 1 is 1.17 bits per heavy atom. The maximum Gasteiger partial charge on any atom is 0.130 e. The first kappa shape index (κ1) is 12.2. The van der Waals surface area contributed by atoms with Crippen molar-refractivity contribution in [3.63, 3.8) is 0 Å². The fourth-order valence-electron chi connectivity index (χ4n) is 1.63. The van der Waals surface area contributed by atoms with Crippen molar-refractivity contribution in [2.24, 2.45) is 0 Å². The Bertz CT molecular complexity index is 679. The van der Waals surface area contributed by atoms with Gasteiger partial charge in [0.2, 0.25) is 0 Å². The minimum absolute atomic E-state index is 0.532. The molecule has 0 saturated heterocycles. The maximum absolute atomic E-state index is 6.20. The average molecular weight is 316 g/mol. The van der Waals surface area contributed by atoms with Gasteiger partial charge in [-0.2, -0.15) is 20.1 Å². The molecule has 3 aromatic rings. The lowest BCUT2D eigenvalue weighted by Crippen LogP contribution is -1.99. The number of nitrogens with one attached hydrogen (secondary N) is 1. The Balaban J connectivity index is 1.98. The Morgan fingerprint density at radius 2 is 2.00 bits per heavy atom. The van der Waals surface area contributed by atoms with E-state index in [-0.39, 0.29) is 0 Å². The molecule has 2 heterocycles. The van der Waals surface area contributed by atoms with Crippen molar-refractivity contribution in [3.8, 4) is 0 Å². The molecule has 0 aliphatic rings. The predicted molar refractivity (Wildman–Crippen MR) is 79.1 cm³/mol. The van der Waals surface area contributed by atoms with Gasteiger partial charge < -0.3 is 5.32 Å². The van der Waals surface area contributed by atoms with Crippen LogP contribution in [-0.2, 0) is 6.54 Å². The van der Waals surface area contributed by atoms with Gasteiger partial charge in [-0.1, -0.05) is 23.2 Å². The smallest absolute Gasteiger partial charge is 0.130 e. The van der Waals surface area contributed by atoms with E-state index in [1.807, 2.05) is 5.38 Å². The summed E-state index contributed by atoms with van der Waals surface area (Å²) in [5.41, 5.74) is 3.42. The molecule has 0 atom stereocenters. The molecule has 0 aliphatic carbocycles. The summed E-state index contributed by atoms with van der Waals surface area (Å²) in [5.74, 6) is 0. The molecule has 0 spiro atoms. The van der Waals surface area contributed by atoms with Gasteiger partial charge in [-0.05, 0) is 28.5 Å². The fraction of sp³-hybridized carbons (Fsp3) is 0.0909. The van der Waals surface area contributed by atoms with Gasteiger partial charge in [0.15, 0.2) is 0 Å². The van der Waals surface area contributed by atoms with Gasteiger partial charge in [-0.15, -0.1) is 0 Å². The number of rotatable bonds is 3. The van der Waals surface area contributed by atoms with Crippen molar-refractivity contribution in [3.05, 3.63) is 38.5 Å². The Morgan fingerprint density at radius 3 is 2.78 bits per heavy atom. The van der Waals surface area contributed by atoms with Gasteiger partial charge in [-0.25, -0.2) is 0 Å². The second kappa shape index (κ2) is 5.01. The number of halogens is 2. The highest BCUT2D eigenvalue weighted by Crippen LogP contribution is 2.35. The summed E-state index contributed by atoms with van der Waals surface area (Å²) in [6.07, 6.45) is 0. The third-order valence-electron chi connectivity index (χ3n) is 2.49. The van der Waals surface area contributed by atoms with Crippen molar-refractivity contribution >= 4 is 63.0 Å². The van der Waals surface area contributed by atoms with Gasteiger partial charge in [0.05, 0.1) is 27.5 Å². The standard InChI is InChI=1S/C11H7Cl2N3S2/c12-7-3-8(13)10-11(16-18-15-10)9(7)14-4-6-1-2-17-5-6/h1-3,5,14H,4H2. The largest absolute Gasteiger partial charge is 0.378 e. The highest BCUT2D eigenvalue weighted by Gasteiger charge is 2.13. The third-order valence-corrected chi connectivity index (χ3v) is 4.34. The lowest BCUT2D eigenvalue weighted by atomic mass is 10.2. The van der Waals surface area contributed by atoms with Gasteiger partial charge in [0.25, 0.3) is 0 Å². The number of anilines is 1. The highest BCUT2D eigenvalue weighted by atomic mass is 35.5. The van der Waals surface area contributed by atoms with Crippen LogP contribution in [0, 0.1) is 0 Å². The lowest BCUT2D eigenvalue weighted by Gasteiger charge is -2.08. The van der Waals surface area contributed by atoms with E-state index in [1.165, 1.54) is 5.56 Å². The molecule has 2 aromatic heterocycles. The van der Waals surface area contributed by atoms with Crippen LogP contribution in [0.4, 0.5) is 5.69 Å². The summed E-state index contributed by atoms with van der Waals surface area (Å²) in [5, 5.41) is 8.52. The first-order valence-electron chi connectivity index (χ1n) is 5.11. The van der Waals surface area contributed by atoms with E-state index in [9.17, 15) is 0 Å². The quantitative estimate of drug-likeness (QED) is 0.763.